The van der Waals surface area contributed by atoms with Gasteiger partial charge in [-0.05, 0) is 0 Å². The molecule has 0 saturated heterocycles. The molecular formula is H15Na4O14PS. The summed E-state index contributed by atoms with van der Waals surface area (Å²) in [6.45, 7) is 0. The first-order valence-corrected chi connectivity index (χ1v) is 3.74. The molecule has 0 aliphatic rings. The maximum Gasteiger partial charge on any atom is 1.00 e. The van der Waals surface area contributed by atoms with Crippen LogP contribution in [0.5, 0.6) is 0 Å². The van der Waals surface area contributed by atoms with Crippen molar-refractivity contribution in [1.29, 1.82) is 0 Å². The molecule has 1 atom stereocenters. The summed E-state index contributed by atoms with van der Waals surface area (Å²) in [6, 6.07) is 0. The molecule has 114 valence electrons. The fourth-order valence-corrected chi connectivity index (χ4v) is 0. The maximum atomic E-state index is 8.56. The summed E-state index contributed by atoms with van der Waals surface area (Å²) in [5.41, 5.74) is 0. The van der Waals surface area contributed by atoms with Crippen molar-refractivity contribution in [2.24, 2.45) is 0 Å². The van der Waals surface area contributed by atoms with Crippen LogP contribution in [0.3, 0.4) is 0 Å². The van der Waals surface area contributed by atoms with Gasteiger partial charge in [0.05, 0.1) is 11.4 Å². The minimum atomic E-state index is -5.39. The van der Waals surface area contributed by atoms with Crippen LogP contribution in [-0.4, -0.2) is 51.6 Å². The zero-order chi connectivity index (χ0) is 8.08. The Hall–Kier alpha value is 3.90. The molecule has 0 spiro atoms. The van der Waals surface area contributed by atoms with Gasteiger partial charge in [-0.2, -0.15) is 7.82 Å². The molecule has 0 saturated carbocycles. The second-order valence-electron chi connectivity index (χ2n) is 0.664. The van der Waals surface area contributed by atoms with Gasteiger partial charge < -0.3 is 66.7 Å². The van der Waals surface area contributed by atoms with Crippen LogP contribution in [0.15, 0.2) is 0 Å². The zero-order valence-corrected chi connectivity index (χ0v) is 21.0. The summed E-state index contributed by atoms with van der Waals surface area (Å²) in [7, 11) is -5.39. The molecule has 0 heterocycles. The van der Waals surface area contributed by atoms with Gasteiger partial charge in [0.15, 0.2) is 0 Å². The quantitative estimate of drug-likeness (QED) is 0.234. The molecule has 0 aliphatic carbocycles. The third kappa shape index (κ3) is 629. The van der Waals surface area contributed by atoms with E-state index in [1.54, 1.807) is 0 Å². The van der Waals surface area contributed by atoms with Crippen LogP contribution in [0.4, 0.5) is 0 Å². The van der Waals surface area contributed by atoms with Gasteiger partial charge in [0.25, 0.3) is 0 Å². The van der Waals surface area contributed by atoms with Crippen molar-refractivity contribution in [3.63, 3.8) is 0 Å². The summed E-state index contributed by atoms with van der Waals surface area (Å²) in [6.07, 6.45) is 0. The monoisotopic (exact) mass is 394 g/mol. The first-order chi connectivity index (χ1) is 3.73. The van der Waals surface area contributed by atoms with Crippen molar-refractivity contribution >= 4 is 19.2 Å². The molecule has 15 N–H and O–H groups in total. The third-order valence-electron chi connectivity index (χ3n) is 0. The van der Waals surface area contributed by atoms with Gasteiger partial charge in [0.2, 0.25) is 0 Å². The second kappa shape index (κ2) is 66.0. The van der Waals surface area contributed by atoms with Crippen molar-refractivity contribution in [2.45, 2.75) is 0 Å². The molecule has 20 heavy (non-hydrogen) atoms. The summed E-state index contributed by atoms with van der Waals surface area (Å²) < 4.78 is 32.6. The van der Waals surface area contributed by atoms with Crippen LogP contribution in [0.25, 0.3) is 0 Å². The number of phosphoric acid groups is 1. The van der Waals surface area contributed by atoms with Gasteiger partial charge in [-0.1, -0.05) is 0 Å². The van der Waals surface area contributed by atoms with E-state index < -0.39 is 19.2 Å². The van der Waals surface area contributed by atoms with E-state index in [1.807, 2.05) is 0 Å². The maximum absolute atomic E-state index is 8.56. The summed E-state index contributed by atoms with van der Waals surface area (Å²) >= 11 is -2.86. The van der Waals surface area contributed by atoms with Crippen molar-refractivity contribution < 1.29 is 189 Å². The Morgan fingerprint density at radius 3 is 0.700 bits per heavy atom. The van der Waals surface area contributed by atoms with Crippen molar-refractivity contribution in [3.8, 4) is 0 Å². The number of rotatable bonds is 0. The summed E-state index contributed by atoms with van der Waals surface area (Å²) in [5.74, 6) is 0. The first-order valence-electron chi connectivity index (χ1n) is 1.25. The molecule has 14 nitrogen and oxygen atoms in total. The average molecular weight is 394 g/mol. The molecule has 1 unspecified atom stereocenters. The smallest absolute Gasteiger partial charge is 0.822 e. The Morgan fingerprint density at radius 2 is 0.700 bits per heavy atom. The molecule has 0 fully saturated rings. The van der Waals surface area contributed by atoms with Gasteiger partial charge in [0, 0.05) is 0 Å². The molecule has 0 amide bonds. The van der Waals surface area contributed by atoms with E-state index in [0.717, 1.165) is 0 Å². The standard InChI is InChI=1S/4Na.H3O4P.H2O3S.7H2O/c;;;;1-5(2,3)4;1-4(2)3;;;;;;;/h;;;;(H3,1,2,3,4);(H2,1,2,3);7*1H2/q4*+1;;;;;;;;;/p-4. The summed E-state index contributed by atoms with van der Waals surface area (Å²) in [4.78, 5) is 25.6. The van der Waals surface area contributed by atoms with Gasteiger partial charge in [-0.25, -0.2) is 4.21 Å². The van der Waals surface area contributed by atoms with Crippen molar-refractivity contribution in [2.75, 3.05) is 0 Å². The van der Waals surface area contributed by atoms with Crippen molar-refractivity contribution in [3.05, 3.63) is 0 Å². The van der Waals surface area contributed by atoms with E-state index in [9.17, 15) is 0 Å². The Balaban J connectivity index is -0.00000000289. The van der Waals surface area contributed by atoms with E-state index in [0.29, 0.717) is 0 Å². The molecule has 0 aromatic heterocycles. The van der Waals surface area contributed by atoms with Gasteiger partial charge in [-0.15, -0.1) is 0 Å². The van der Waals surface area contributed by atoms with Crippen LogP contribution in [0.2, 0.25) is 0 Å². The molecule has 0 radical (unpaired) electrons. The number of hydrogen-bond acceptors (Lipinski definition) is 6. The topological polar surface area (TPSA) is 367 Å². The predicted octanol–water partition coefficient (Wildman–Crippen LogP) is -21.2. The Kier molecular flexibility index (Phi) is 348. The fourth-order valence-electron chi connectivity index (χ4n) is 0. The number of hydrogen-bond donors (Lipinski definition) is 1. The average Bonchev–Trinajstić information content (AvgIpc) is 1.19. The van der Waals surface area contributed by atoms with Crippen molar-refractivity contribution in [1.82, 2.24) is 0 Å². The molecule has 0 aliphatic heterocycles. The van der Waals surface area contributed by atoms with Gasteiger partial charge >= 0.3 is 118 Å². The molecule has 0 rings (SSSR count). The Morgan fingerprint density at radius 1 is 0.700 bits per heavy atom. The van der Waals surface area contributed by atoms with E-state index >= 15 is 0 Å². The molecule has 20 heteroatoms. The van der Waals surface area contributed by atoms with E-state index in [4.69, 9.17) is 32.6 Å². The van der Waals surface area contributed by atoms with Gasteiger partial charge in [0.1, 0.15) is 0 Å². The first kappa shape index (κ1) is 105. The third-order valence-corrected chi connectivity index (χ3v) is 0. The van der Waals surface area contributed by atoms with Crippen LogP contribution in [0, 0.1) is 0 Å². The largest absolute Gasteiger partial charge is 1.00 e. The van der Waals surface area contributed by atoms with Crippen LogP contribution < -0.4 is 133 Å². The fraction of sp³-hybridized carbons (Fsp3) is 0. The van der Waals surface area contributed by atoms with E-state index in [1.165, 1.54) is 0 Å². The molecule has 0 aromatic carbocycles. The Bertz CT molecular complexity index is 125. The van der Waals surface area contributed by atoms with Gasteiger partial charge in [-0.3, -0.25) is 0 Å². The zero-order valence-electron chi connectivity index (χ0n) is 11.3. The van der Waals surface area contributed by atoms with E-state index in [2.05, 4.69) is 0 Å². The Labute approximate surface area is 205 Å². The van der Waals surface area contributed by atoms with Crippen LogP contribution in [-0.2, 0) is 15.9 Å². The van der Waals surface area contributed by atoms with Crippen LogP contribution >= 0.6 is 7.82 Å². The SMILES string of the molecule is O.O.O.O.O.O.O.O=P([O-])([O-])[O-].O=S([O-])O.[Na+].[Na+].[Na+].[Na+]. The minimum absolute atomic E-state index is 0. The molecule has 0 bridgehead atoms. The molecular weight excluding hydrogens is 379 g/mol. The normalized spacial score (nSPS) is 6.05. The molecule has 0 aromatic rings. The summed E-state index contributed by atoms with van der Waals surface area (Å²) in [5, 5.41) is 0. The van der Waals surface area contributed by atoms with E-state index in [-0.39, 0.29) is 157 Å². The second-order valence-corrected chi connectivity index (χ2v) is 1.99. The predicted molar refractivity (Wildman–Crippen MR) is 44.5 cm³/mol. The minimum Gasteiger partial charge on any atom is -0.822 e. The van der Waals surface area contributed by atoms with Crippen LogP contribution in [0.1, 0.15) is 0 Å².